The van der Waals surface area contributed by atoms with Gasteiger partial charge in [-0.2, -0.15) is 12.6 Å². The average molecular weight is 554 g/mol. The summed E-state index contributed by atoms with van der Waals surface area (Å²) >= 11 is 4.00. The molecule has 13 nitrogen and oxygen atoms in total. The number of phenols is 1. The largest absolute Gasteiger partial charge is 0.508 e. The van der Waals surface area contributed by atoms with Crippen LogP contribution in [0.1, 0.15) is 38.7 Å². The predicted octanol–water partition coefficient (Wildman–Crippen LogP) is -1.17. The van der Waals surface area contributed by atoms with Gasteiger partial charge in [0.15, 0.2) is 5.96 Å². The second-order valence-electron chi connectivity index (χ2n) is 9.26. The summed E-state index contributed by atoms with van der Waals surface area (Å²) in [6.45, 7) is 3.91. The summed E-state index contributed by atoms with van der Waals surface area (Å²) < 4.78 is 0. The standard InChI is InChI=1S/C24H39N7O6S/c1-13(2)10-18(30-20(33)16(25)12-38)22(35)29-17(4-3-9-28-24(26)27)21(34)31-19(23(36)37)11-14-5-7-15(32)8-6-14/h5-8,13,16-19,32,38H,3-4,9-12,25H2,1-2H3,(H,29,35)(H,30,33)(H,31,34)(H,36,37)(H4,26,27,28). The molecule has 0 saturated carbocycles. The molecule has 0 radical (unpaired) electrons. The maximum Gasteiger partial charge on any atom is 0.326 e. The number of rotatable bonds is 16. The van der Waals surface area contributed by atoms with Gasteiger partial charge in [-0.1, -0.05) is 26.0 Å². The first-order valence-electron chi connectivity index (χ1n) is 12.2. The Kier molecular flexibility index (Phi) is 14.0. The summed E-state index contributed by atoms with van der Waals surface area (Å²) in [7, 11) is 0. The second kappa shape index (κ2) is 16.3. The number of amides is 3. The maximum atomic E-state index is 13.2. The van der Waals surface area contributed by atoms with Crippen LogP contribution in [0.2, 0.25) is 0 Å². The molecule has 38 heavy (non-hydrogen) atoms. The lowest BCUT2D eigenvalue weighted by atomic mass is 10.0. The molecule has 0 fully saturated rings. The van der Waals surface area contributed by atoms with Gasteiger partial charge in [0.05, 0.1) is 6.04 Å². The Morgan fingerprint density at radius 2 is 1.50 bits per heavy atom. The Bertz CT molecular complexity index is 970. The number of carbonyl (C=O) groups excluding carboxylic acids is 3. The summed E-state index contributed by atoms with van der Waals surface area (Å²) in [6, 6.07) is 1.56. The van der Waals surface area contributed by atoms with Crippen molar-refractivity contribution in [2.45, 2.75) is 63.7 Å². The van der Waals surface area contributed by atoms with E-state index in [0.29, 0.717) is 12.0 Å². The number of carbonyl (C=O) groups is 4. The molecule has 212 valence electrons. The molecule has 0 saturated heterocycles. The van der Waals surface area contributed by atoms with Crippen molar-refractivity contribution in [1.29, 1.82) is 0 Å². The summed E-state index contributed by atoms with van der Waals surface area (Å²) in [5.74, 6) is -3.19. The lowest BCUT2D eigenvalue weighted by Crippen LogP contribution is -2.57. The molecular formula is C24H39N7O6S. The highest BCUT2D eigenvalue weighted by Crippen LogP contribution is 2.12. The van der Waals surface area contributed by atoms with Gasteiger partial charge in [0, 0.05) is 18.7 Å². The molecule has 14 heteroatoms. The van der Waals surface area contributed by atoms with Gasteiger partial charge in [0.2, 0.25) is 17.7 Å². The molecule has 1 aromatic carbocycles. The molecule has 4 atom stereocenters. The number of nitrogens with two attached hydrogens (primary N) is 3. The van der Waals surface area contributed by atoms with Crippen LogP contribution in [0.3, 0.4) is 0 Å². The minimum Gasteiger partial charge on any atom is -0.508 e. The number of aromatic hydroxyl groups is 1. The van der Waals surface area contributed by atoms with Crippen molar-refractivity contribution in [3.63, 3.8) is 0 Å². The monoisotopic (exact) mass is 553 g/mol. The van der Waals surface area contributed by atoms with Crippen molar-refractivity contribution in [3.8, 4) is 5.75 Å². The summed E-state index contributed by atoms with van der Waals surface area (Å²) in [4.78, 5) is 54.4. The van der Waals surface area contributed by atoms with E-state index in [1.54, 1.807) is 12.1 Å². The summed E-state index contributed by atoms with van der Waals surface area (Å²) in [5, 5.41) is 26.8. The first-order chi connectivity index (χ1) is 17.8. The Labute approximate surface area is 227 Å². The van der Waals surface area contributed by atoms with Gasteiger partial charge >= 0.3 is 5.97 Å². The van der Waals surface area contributed by atoms with Gasteiger partial charge in [-0.25, -0.2) is 4.79 Å². The fourth-order valence-electron chi connectivity index (χ4n) is 3.45. The van der Waals surface area contributed by atoms with Crippen molar-refractivity contribution in [1.82, 2.24) is 16.0 Å². The second-order valence-corrected chi connectivity index (χ2v) is 9.62. The summed E-state index contributed by atoms with van der Waals surface area (Å²) in [6.07, 6.45) is 0.623. The van der Waals surface area contributed by atoms with Crippen LogP contribution in [0.25, 0.3) is 0 Å². The van der Waals surface area contributed by atoms with Crippen LogP contribution in [0, 0.1) is 5.92 Å². The molecule has 11 N–H and O–H groups in total. The minimum atomic E-state index is -1.30. The van der Waals surface area contributed by atoms with Gasteiger partial charge in [-0.15, -0.1) is 0 Å². The number of benzene rings is 1. The average Bonchev–Trinajstić information content (AvgIpc) is 2.84. The van der Waals surface area contributed by atoms with Gasteiger partial charge < -0.3 is 43.4 Å². The highest BCUT2D eigenvalue weighted by Gasteiger charge is 2.30. The van der Waals surface area contributed by atoms with Crippen LogP contribution in [0.4, 0.5) is 0 Å². The van der Waals surface area contributed by atoms with Crippen LogP contribution < -0.4 is 33.2 Å². The number of guanidine groups is 1. The van der Waals surface area contributed by atoms with Gasteiger partial charge in [-0.05, 0) is 42.9 Å². The molecule has 0 aromatic heterocycles. The smallest absolute Gasteiger partial charge is 0.326 e. The molecule has 0 spiro atoms. The number of hydrogen-bond acceptors (Lipinski definition) is 8. The molecule has 0 aliphatic carbocycles. The highest BCUT2D eigenvalue weighted by atomic mass is 32.1. The number of carboxylic acids is 1. The fourth-order valence-corrected chi connectivity index (χ4v) is 3.62. The molecule has 3 amide bonds. The van der Waals surface area contributed by atoms with E-state index >= 15 is 0 Å². The van der Waals surface area contributed by atoms with E-state index in [4.69, 9.17) is 17.2 Å². The number of nitrogens with one attached hydrogen (secondary N) is 3. The number of hydrogen-bond donors (Lipinski definition) is 9. The third kappa shape index (κ3) is 12.1. The van der Waals surface area contributed by atoms with Crippen molar-refractivity contribution >= 4 is 42.3 Å². The zero-order valence-corrected chi connectivity index (χ0v) is 22.5. The Balaban J connectivity index is 3.07. The van der Waals surface area contributed by atoms with Crippen molar-refractivity contribution < 1.29 is 29.4 Å². The maximum absolute atomic E-state index is 13.2. The van der Waals surface area contributed by atoms with Gasteiger partial charge in [0.1, 0.15) is 23.9 Å². The Morgan fingerprint density at radius 1 is 0.947 bits per heavy atom. The minimum absolute atomic E-state index is 0.0200. The first kappa shape index (κ1) is 32.5. The zero-order chi connectivity index (χ0) is 28.8. The van der Waals surface area contributed by atoms with Crippen molar-refractivity contribution in [2.75, 3.05) is 12.3 Å². The number of aliphatic imine (C=N–C) groups is 1. The number of thiol groups is 1. The lowest BCUT2D eigenvalue weighted by Gasteiger charge is -2.26. The highest BCUT2D eigenvalue weighted by molar-refractivity contribution is 7.80. The lowest BCUT2D eigenvalue weighted by molar-refractivity contribution is -0.142. The first-order valence-corrected chi connectivity index (χ1v) is 12.8. The van der Waals surface area contributed by atoms with Gasteiger partial charge in [0.25, 0.3) is 0 Å². The topological polar surface area (TPSA) is 235 Å². The predicted molar refractivity (Wildman–Crippen MR) is 146 cm³/mol. The Morgan fingerprint density at radius 3 is 2.03 bits per heavy atom. The van der Waals surface area contributed by atoms with E-state index in [1.807, 2.05) is 13.8 Å². The molecule has 1 aromatic rings. The Hall–Kier alpha value is -3.52. The third-order valence-electron chi connectivity index (χ3n) is 5.44. The SMILES string of the molecule is CC(C)CC(NC(=O)C(N)CS)C(=O)NC(CCCN=C(N)N)C(=O)NC(Cc1ccc(O)cc1)C(=O)O. The molecule has 0 bridgehead atoms. The number of carboxylic acid groups (broad SMARTS) is 1. The van der Waals surface area contributed by atoms with E-state index in [2.05, 4.69) is 33.6 Å². The van der Waals surface area contributed by atoms with Crippen LogP contribution >= 0.6 is 12.6 Å². The quantitative estimate of drug-likeness (QED) is 0.0518. The van der Waals surface area contributed by atoms with Crippen LogP contribution in [0.5, 0.6) is 5.75 Å². The normalized spacial score (nSPS) is 14.0. The molecule has 0 heterocycles. The van der Waals surface area contributed by atoms with Crippen molar-refractivity contribution in [3.05, 3.63) is 29.8 Å². The van der Waals surface area contributed by atoms with E-state index in [-0.39, 0.29) is 49.2 Å². The molecule has 0 aliphatic rings. The zero-order valence-electron chi connectivity index (χ0n) is 21.6. The van der Waals surface area contributed by atoms with E-state index in [1.165, 1.54) is 12.1 Å². The van der Waals surface area contributed by atoms with Crippen LogP contribution in [0.15, 0.2) is 29.3 Å². The third-order valence-corrected chi connectivity index (χ3v) is 5.84. The van der Waals surface area contributed by atoms with E-state index in [9.17, 15) is 29.4 Å². The van der Waals surface area contributed by atoms with E-state index in [0.717, 1.165) is 0 Å². The van der Waals surface area contributed by atoms with Crippen molar-refractivity contribution in [2.24, 2.45) is 28.1 Å². The van der Waals surface area contributed by atoms with Crippen LogP contribution in [-0.4, -0.2) is 76.3 Å². The van der Waals surface area contributed by atoms with E-state index < -0.39 is 47.9 Å². The number of nitrogens with zero attached hydrogens (tertiary/aromatic N) is 1. The van der Waals surface area contributed by atoms with Crippen LogP contribution in [-0.2, 0) is 25.6 Å². The fraction of sp³-hybridized carbons (Fsp3) is 0.542. The molecule has 4 unspecified atom stereocenters. The molecular weight excluding hydrogens is 514 g/mol. The summed E-state index contributed by atoms with van der Waals surface area (Å²) in [5.41, 5.74) is 17.0. The van der Waals surface area contributed by atoms with Gasteiger partial charge in [-0.3, -0.25) is 19.4 Å². The molecule has 1 rings (SSSR count). The number of aliphatic carboxylic acids is 1. The number of phenolic OH excluding ortho intramolecular Hbond substituents is 1. The molecule has 0 aliphatic heterocycles.